The van der Waals surface area contributed by atoms with Crippen LogP contribution in [0.15, 0.2) is 34.9 Å². The van der Waals surface area contributed by atoms with Crippen molar-refractivity contribution in [3.63, 3.8) is 0 Å². The fraction of sp³-hybridized carbons (Fsp3) is 0.375. The molecule has 2 aromatic rings. The Labute approximate surface area is 124 Å². The minimum atomic E-state index is 0.388. The molecule has 0 aliphatic heterocycles. The second kappa shape index (κ2) is 7.36. The maximum atomic E-state index is 6.11. The SMILES string of the molecule is CCCNCc1ccoc1COc1cc(C)ccc1Cl. The molecule has 0 saturated heterocycles. The Morgan fingerprint density at radius 1 is 1.30 bits per heavy atom. The van der Waals surface area contributed by atoms with Gasteiger partial charge in [-0.05, 0) is 43.7 Å². The number of aryl methyl sites for hydroxylation is 1. The van der Waals surface area contributed by atoms with Gasteiger partial charge in [0.05, 0.1) is 11.3 Å². The molecule has 108 valence electrons. The lowest BCUT2D eigenvalue weighted by Gasteiger charge is -2.09. The van der Waals surface area contributed by atoms with Gasteiger partial charge in [-0.2, -0.15) is 0 Å². The average Bonchev–Trinajstić information content (AvgIpc) is 2.88. The summed E-state index contributed by atoms with van der Waals surface area (Å²) < 4.78 is 11.2. The van der Waals surface area contributed by atoms with Crippen LogP contribution in [0.5, 0.6) is 5.75 Å². The highest BCUT2D eigenvalue weighted by atomic mass is 35.5. The molecule has 0 saturated carbocycles. The molecule has 20 heavy (non-hydrogen) atoms. The Bertz CT molecular complexity index is 551. The molecule has 0 atom stereocenters. The van der Waals surface area contributed by atoms with E-state index in [9.17, 15) is 0 Å². The van der Waals surface area contributed by atoms with E-state index >= 15 is 0 Å². The van der Waals surface area contributed by atoms with Crippen LogP contribution in [0.4, 0.5) is 0 Å². The molecule has 0 bridgehead atoms. The van der Waals surface area contributed by atoms with Gasteiger partial charge in [-0.25, -0.2) is 0 Å². The highest BCUT2D eigenvalue weighted by Crippen LogP contribution is 2.26. The van der Waals surface area contributed by atoms with Crippen molar-refractivity contribution >= 4 is 11.6 Å². The molecule has 0 spiro atoms. The van der Waals surface area contributed by atoms with Gasteiger partial charge < -0.3 is 14.5 Å². The Balaban J connectivity index is 1.97. The Morgan fingerprint density at radius 3 is 2.95 bits per heavy atom. The van der Waals surface area contributed by atoms with Crippen LogP contribution in [0.3, 0.4) is 0 Å². The summed E-state index contributed by atoms with van der Waals surface area (Å²) in [6.07, 6.45) is 2.81. The monoisotopic (exact) mass is 293 g/mol. The van der Waals surface area contributed by atoms with Gasteiger partial charge in [0.15, 0.2) is 0 Å². The van der Waals surface area contributed by atoms with Gasteiger partial charge in [0.25, 0.3) is 0 Å². The molecule has 0 unspecified atom stereocenters. The number of rotatable bonds is 7. The van der Waals surface area contributed by atoms with Gasteiger partial charge in [0, 0.05) is 12.1 Å². The van der Waals surface area contributed by atoms with Gasteiger partial charge in [0.1, 0.15) is 18.1 Å². The van der Waals surface area contributed by atoms with Crippen molar-refractivity contribution < 1.29 is 9.15 Å². The normalized spacial score (nSPS) is 10.8. The van der Waals surface area contributed by atoms with E-state index in [1.54, 1.807) is 6.26 Å². The molecule has 0 amide bonds. The molecule has 0 radical (unpaired) electrons. The lowest BCUT2D eigenvalue weighted by atomic mass is 10.2. The molecule has 0 fully saturated rings. The highest BCUT2D eigenvalue weighted by Gasteiger charge is 2.08. The van der Waals surface area contributed by atoms with Gasteiger partial charge in [-0.15, -0.1) is 0 Å². The first-order valence-electron chi connectivity index (χ1n) is 6.85. The van der Waals surface area contributed by atoms with E-state index in [4.69, 9.17) is 20.8 Å². The van der Waals surface area contributed by atoms with E-state index in [-0.39, 0.29) is 0 Å². The van der Waals surface area contributed by atoms with Gasteiger partial charge in [0.2, 0.25) is 0 Å². The van der Waals surface area contributed by atoms with Gasteiger partial charge in [-0.1, -0.05) is 24.6 Å². The predicted molar refractivity (Wildman–Crippen MR) is 81.2 cm³/mol. The Kier molecular flexibility index (Phi) is 5.50. The summed E-state index contributed by atoms with van der Waals surface area (Å²) in [5, 5.41) is 3.97. The molecule has 3 nitrogen and oxygen atoms in total. The van der Waals surface area contributed by atoms with Crippen molar-refractivity contribution in [3.8, 4) is 5.75 Å². The summed E-state index contributed by atoms with van der Waals surface area (Å²) in [5.74, 6) is 1.53. The van der Waals surface area contributed by atoms with Crippen LogP contribution in [0, 0.1) is 6.92 Å². The summed E-state index contributed by atoms with van der Waals surface area (Å²) in [7, 11) is 0. The second-order valence-corrected chi connectivity index (χ2v) is 5.18. The first-order valence-corrected chi connectivity index (χ1v) is 7.23. The lowest BCUT2D eigenvalue weighted by Crippen LogP contribution is -2.14. The lowest BCUT2D eigenvalue weighted by molar-refractivity contribution is 0.268. The van der Waals surface area contributed by atoms with Crippen LogP contribution in [0.2, 0.25) is 5.02 Å². The molecule has 0 aliphatic rings. The molecule has 1 N–H and O–H groups in total. The van der Waals surface area contributed by atoms with Crippen LogP contribution in [-0.4, -0.2) is 6.54 Å². The van der Waals surface area contributed by atoms with Crippen molar-refractivity contribution in [2.24, 2.45) is 0 Å². The Morgan fingerprint density at radius 2 is 2.15 bits per heavy atom. The van der Waals surface area contributed by atoms with E-state index in [0.717, 1.165) is 36.4 Å². The van der Waals surface area contributed by atoms with Crippen molar-refractivity contribution in [3.05, 3.63) is 52.4 Å². The maximum Gasteiger partial charge on any atom is 0.146 e. The van der Waals surface area contributed by atoms with E-state index in [2.05, 4.69) is 12.2 Å². The number of ether oxygens (including phenoxy) is 1. The third kappa shape index (κ3) is 4.02. The van der Waals surface area contributed by atoms with E-state index in [1.807, 2.05) is 31.2 Å². The van der Waals surface area contributed by atoms with E-state index in [0.29, 0.717) is 17.4 Å². The third-order valence-corrected chi connectivity index (χ3v) is 3.34. The van der Waals surface area contributed by atoms with Crippen molar-refractivity contribution in [1.82, 2.24) is 5.32 Å². The average molecular weight is 294 g/mol. The first kappa shape index (κ1) is 14.9. The van der Waals surface area contributed by atoms with Crippen molar-refractivity contribution in [2.45, 2.75) is 33.4 Å². The van der Waals surface area contributed by atoms with Gasteiger partial charge in [-0.3, -0.25) is 0 Å². The summed E-state index contributed by atoms with van der Waals surface area (Å²) in [6.45, 7) is 6.33. The zero-order valence-electron chi connectivity index (χ0n) is 11.9. The van der Waals surface area contributed by atoms with E-state index in [1.165, 1.54) is 0 Å². The highest BCUT2D eigenvalue weighted by molar-refractivity contribution is 6.32. The quantitative estimate of drug-likeness (QED) is 0.772. The van der Waals surface area contributed by atoms with Crippen LogP contribution in [0.25, 0.3) is 0 Å². The zero-order valence-corrected chi connectivity index (χ0v) is 12.7. The Hall–Kier alpha value is -1.45. The number of benzene rings is 1. The maximum absolute atomic E-state index is 6.11. The molecular formula is C16H20ClNO2. The standard InChI is InChI=1S/C16H20ClNO2/c1-3-7-18-10-13-6-8-19-16(13)11-20-15-9-12(2)4-5-14(15)17/h4-6,8-9,18H,3,7,10-11H2,1-2H3. The number of hydrogen-bond donors (Lipinski definition) is 1. The fourth-order valence-electron chi connectivity index (χ4n) is 1.92. The molecule has 1 aromatic heterocycles. The van der Waals surface area contributed by atoms with Crippen molar-refractivity contribution in [1.29, 1.82) is 0 Å². The number of hydrogen-bond acceptors (Lipinski definition) is 3. The van der Waals surface area contributed by atoms with E-state index < -0.39 is 0 Å². The smallest absolute Gasteiger partial charge is 0.146 e. The third-order valence-electron chi connectivity index (χ3n) is 3.03. The second-order valence-electron chi connectivity index (χ2n) is 4.77. The van der Waals surface area contributed by atoms with Gasteiger partial charge >= 0.3 is 0 Å². The largest absolute Gasteiger partial charge is 0.484 e. The molecule has 2 rings (SSSR count). The summed E-state index contributed by atoms with van der Waals surface area (Å²) >= 11 is 6.11. The van der Waals surface area contributed by atoms with Crippen LogP contribution >= 0.6 is 11.6 Å². The molecule has 1 heterocycles. The number of furan rings is 1. The number of halogens is 1. The summed E-state index contributed by atoms with van der Waals surface area (Å²) in [4.78, 5) is 0. The topological polar surface area (TPSA) is 34.4 Å². The van der Waals surface area contributed by atoms with Crippen molar-refractivity contribution in [2.75, 3.05) is 6.54 Å². The summed E-state index contributed by atoms with van der Waals surface area (Å²) in [6, 6.07) is 7.71. The molecular weight excluding hydrogens is 274 g/mol. The molecule has 0 aliphatic carbocycles. The minimum Gasteiger partial charge on any atom is -0.484 e. The fourth-order valence-corrected chi connectivity index (χ4v) is 2.09. The van der Waals surface area contributed by atoms with Crippen LogP contribution < -0.4 is 10.1 Å². The zero-order chi connectivity index (χ0) is 14.4. The molecule has 1 aromatic carbocycles. The number of nitrogens with one attached hydrogen (secondary N) is 1. The first-order chi connectivity index (χ1) is 9.70. The predicted octanol–water partition coefficient (Wildman–Crippen LogP) is 4.32. The van der Waals surface area contributed by atoms with Crippen LogP contribution in [0.1, 0.15) is 30.2 Å². The summed E-state index contributed by atoms with van der Waals surface area (Å²) in [5.41, 5.74) is 2.25. The minimum absolute atomic E-state index is 0.388. The molecule has 4 heteroatoms. The van der Waals surface area contributed by atoms with Crippen LogP contribution in [-0.2, 0) is 13.2 Å².